The lowest BCUT2D eigenvalue weighted by molar-refractivity contribution is -0.136. The van der Waals surface area contributed by atoms with Crippen LogP contribution in [0, 0.1) is 5.92 Å². The van der Waals surface area contributed by atoms with E-state index in [-0.39, 0.29) is 23.3 Å². The SMILES string of the molecule is CC(C)CC(=O)N1CCC2(CC1)CC(CC(=O)NCc1ccco1)c1ccccc1O2. The van der Waals surface area contributed by atoms with Crippen molar-refractivity contribution < 1.29 is 18.7 Å². The molecule has 2 aromatic rings. The Morgan fingerprint density at radius 2 is 1.94 bits per heavy atom. The monoisotopic (exact) mass is 424 g/mol. The summed E-state index contributed by atoms with van der Waals surface area (Å²) < 4.78 is 11.8. The zero-order chi connectivity index (χ0) is 21.8. The van der Waals surface area contributed by atoms with Crippen molar-refractivity contribution in [3.05, 3.63) is 54.0 Å². The fourth-order valence-electron chi connectivity index (χ4n) is 4.77. The fourth-order valence-corrected chi connectivity index (χ4v) is 4.77. The number of amides is 2. The van der Waals surface area contributed by atoms with Crippen molar-refractivity contribution in [1.29, 1.82) is 0 Å². The summed E-state index contributed by atoms with van der Waals surface area (Å²) >= 11 is 0. The molecular formula is C25H32N2O4. The molecule has 1 fully saturated rings. The molecule has 3 heterocycles. The molecule has 1 unspecified atom stereocenters. The number of carbonyl (C=O) groups excluding carboxylic acids is 2. The number of furan rings is 1. The number of hydrogen-bond donors (Lipinski definition) is 1. The Kier molecular flexibility index (Phi) is 6.35. The van der Waals surface area contributed by atoms with Gasteiger partial charge in [-0.25, -0.2) is 0 Å². The second kappa shape index (κ2) is 9.16. The van der Waals surface area contributed by atoms with Crippen LogP contribution in [0.2, 0.25) is 0 Å². The molecular weight excluding hydrogens is 392 g/mol. The Morgan fingerprint density at radius 3 is 2.65 bits per heavy atom. The molecule has 6 nitrogen and oxygen atoms in total. The van der Waals surface area contributed by atoms with Crippen LogP contribution in [0.25, 0.3) is 0 Å². The highest BCUT2D eigenvalue weighted by Gasteiger charge is 2.44. The topological polar surface area (TPSA) is 71.8 Å². The Hall–Kier alpha value is -2.76. The third-order valence-corrected chi connectivity index (χ3v) is 6.39. The minimum absolute atomic E-state index is 0.0119. The van der Waals surface area contributed by atoms with Gasteiger partial charge in [0.25, 0.3) is 0 Å². The van der Waals surface area contributed by atoms with E-state index in [0.717, 1.165) is 36.3 Å². The van der Waals surface area contributed by atoms with E-state index in [9.17, 15) is 9.59 Å². The first kappa shape index (κ1) is 21.5. The molecule has 166 valence electrons. The van der Waals surface area contributed by atoms with E-state index < -0.39 is 0 Å². The number of fused-ring (bicyclic) bond motifs is 1. The fraction of sp³-hybridized carbons (Fsp3) is 0.520. The van der Waals surface area contributed by atoms with Crippen LogP contribution in [0.5, 0.6) is 5.75 Å². The van der Waals surface area contributed by atoms with Crippen molar-refractivity contribution in [2.24, 2.45) is 5.92 Å². The molecule has 1 atom stereocenters. The second-order valence-corrected chi connectivity index (χ2v) is 9.26. The van der Waals surface area contributed by atoms with Gasteiger partial charge >= 0.3 is 0 Å². The van der Waals surface area contributed by atoms with E-state index in [0.29, 0.717) is 38.4 Å². The van der Waals surface area contributed by atoms with E-state index in [1.165, 1.54) is 0 Å². The highest BCUT2D eigenvalue weighted by atomic mass is 16.5. The number of nitrogens with zero attached hydrogens (tertiary/aromatic N) is 1. The van der Waals surface area contributed by atoms with Crippen molar-refractivity contribution in [1.82, 2.24) is 10.2 Å². The summed E-state index contributed by atoms with van der Waals surface area (Å²) in [5.41, 5.74) is 0.786. The number of carbonyl (C=O) groups is 2. The third kappa shape index (κ3) is 5.12. The largest absolute Gasteiger partial charge is 0.487 e. The molecule has 0 aliphatic carbocycles. The van der Waals surface area contributed by atoms with Gasteiger partial charge in [0.15, 0.2) is 0 Å². The van der Waals surface area contributed by atoms with Crippen LogP contribution in [0.3, 0.4) is 0 Å². The third-order valence-electron chi connectivity index (χ3n) is 6.39. The number of rotatable bonds is 6. The van der Waals surface area contributed by atoms with Gasteiger partial charge < -0.3 is 19.4 Å². The molecule has 0 bridgehead atoms. The smallest absolute Gasteiger partial charge is 0.222 e. The molecule has 31 heavy (non-hydrogen) atoms. The van der Waals surface area contributed by atoms with Gasteiger partial charge in [0.1, 0.15) is 17.1 Å². The Labute approximate surface area is 183 Å². The maximum Gasteiger partial charge on any atom is 0.222 e. The van der Waals surface area contributed by atoms with E-state index in [4.69, 9.17) is 9.15 Å². The molecule has 2 aliphatic rings. The van der Waals surface area contributed by atoms with Gasteiger partial charge in [0, 0.05) is 44.7 Å². The lowest BCUT2D eigenvalue weighted by Gasteiger charge is -2.47. The van der Waals surface area contributed by atoms with Gasteiger partial charge in [-0.2, -0.15) is 0 Å². The number of piperidine rings is 1. The number of ether oxygens (including phenoxy) is 1. The number of likely N-dealkylation sites (tertiary alicyclic amines) is 1. The maximum absolute atomic E-state index is 12.7. The molecule has 0 saturated carbocycles. The van der Waals surface area contributed by atoms with Gasteiger partial charge in [-0.05, 0) is 36.1 Å². The molecule has 1 aromatic heterocycles. The maximum atomic E-state index is 12.7. The predicted molar refractivity (Wildman–Crippen MR) is 118 cm³/mol. The first-order chi connectivity index (χ1) is 14.9. The molecule has 6 heteroatoms. The Morgan fingerprint density at radius 1 is 1.16 bits per heavy atom. The van der Waals surface area contributed by atoms with Crippen LogP contribution in [-0.2, 0) is 16.1 Å². The van der Waals surface area contributed by atoms with Crippen LogP contribution in [0.4, 0.5) is 0 Å². The summed E-state index contributed by atoms with van der Waals surface area (Å²) in [5.74, 6) is 2.33. The average Bonchev–Trinajstić information content (AvgIpc) is 3.26. The van der Waals surface area contributed by atoms with Crippen LogP contribution >= 0.6 is 0 Å². The lowest BCUT2D eigenvalue weighted by atomic mass is 9.76. The van der Waals surface area contributed by atoms with Crippen LogP contribution < -0.4 is 10.1 Å². The predicted octanol–water partition coefficient (Wildman–Crippen LogP) is 4.26. The van der Waals surface area contributed by atoms with Gasteiger partial charge in [-0.15, -0.1) is 0 Å². The molecule has 2 aliphatic heterocycles. The van der Waals surface area contributed by atoms with Crippen molar-refractivity contribution in [3.8, 4) is 5.75 Å². The summed E-state index contributed by atoms with van der Waals surface area (Å²) in [5, 5.41) is 2.97. The Bertz CT molecular complexity index is 898. The van der Waals surface area contributed by atoms with Crippen molar-refractivity contribution in [2.75, 3.05) is 13.1 Å². The van der Waals surface area contributed by atoms with Gasteiger partial charge in [-0.1, -0.05) is 32.0 Å². The van der Waals surface area contributed by atoms with Gasteiger partial charge in [-0.3, -0.25) is 9.59 Å². The number of benzene rings is 1. The number of hydrogen-bond acceptors (Lipinski definition) is 4. The molecule has 0 radical (unpaired) electrons. The summed E-state index contributed by atoms with van der Waals surface area (Å²) in [6.45, 7) is 5.98. The van der Waals surface area contributed by atoms with Crippen LogP contribution in [-0.4, -0.2) is 35.4 Å². The van der Waals surface area contributed by atoms with Crippen LogP contribution in [0.15, 0.2) is 47.1 Å². The minimum atomic E-state index is -0.311. The summed E-state index contributed by atoms with van der Waals surface area (Å²) in [6, 6.07) is 11.7. The zero-order valence-electron chi connectivity index (χ0n) is 18.4. The molecule has 1 aromatic carbocycles. The van der Waals surface area contributed by atoms with E-state index in [2.05, 4.69) is 25.2 Å². The van der Waals surface area contributed by atoms with Crippen molar-refractivity contribution >= 4 is 11.8 Å². The number of para-hydroxylation sites is 1. The average molecular weight is 425 g/mol. The standard InChI is InChI=1S/C25H32N2O4/c1-18(2)14-24(29)27-11-9-25(10-12-27)16-19(21-7-3-4-8-22(21)31-25)15-23(28)26-17-20-6-5-13-30-20/h3-8,13,18-19H,9-12,14-17H2,1-2H3,(H,26,28). The first-order valence-corrected chi connectivity index (χ1v) is 11.3. The van der Waals surface area contributed by atoms with E-state index in [1.807, 2.05) is 35.2 Å². The van der Waals surface area contributed by atoms with E-state index in [1.54, 1.807) is 6.26 Å². The molecule has 1 spiro atoms. The highest BCUT2D eigenvalue weighted by molar-refractivity contribution is 5.77. The van der Waals surface area contributed by atoms with E-state index >= 15 is 0 Å². The van der Waals surface area contributed by atoms with Crippen LogP contribution in [0.1, 0.15) is 63.2 Å². The lowest BCUT2D eigenvalue weighted by Crippen LogP contribution is -2.52. The molecule has 1 saturated heterocycles. The summed E-state index contributed by atoms with van der Waals surface area (Å²) in [4.78, 5) is 27.1. The highest BCUT2D eigenvalue weighted by Crippen LogP contribution is 2.46. The molecule has 2 amide bonds. The number of nitrogens with one attached hydrogen (secondary N) is 1. The minimum Gasteiger partial charge on any atom is -0.487 e. The van der Waals surface area contributed by atoms with Crippen molar-refractivity contribution in [3.63, 3.8) is 0 Å². The second-order valence-electron chi connectivity index (χ2n) is 9.26. The normalized spacial score (nSPS) is 19.7. The quantitative estimate of drug-likeness (QED) is 0.752. The van der Waals surface area contributed by atoms with Crippen molar-refractivity contribution in [2.45, 2.75) is 64.0 Å². The van der Waals surface area contributed by atoms with Gasteiger partial charge in [0.05, 0.1) is 12.8 Å². The zero-order valence-corrected chi connectivity index (χ0v) is 18.4. The Balaban J connectivity index is 1.42. The first-order valence-electron chi connectivity index (χ1n) is 11.3. The van der Waals surface area contributed by atoms with Gasteiger partial charge in [0.2, 0.25) is 11.8 Å². The summed E-state index contributed by atoms with van der Waals surface area (Å²) in [6.07, 6.45) is 5.02. The summed E-state index contributed by atoms with van der Waals surface area (Å²) in [7, 11) is 0. The molecule has 1 N–H and O–H groups in total. The molecule has 4 rings (SSSR count).